The van der Waals surface area contributed by atoms with Crippen LogP contribution in [0, 0.1) is 46.8 Å². The maximum atomic E-state index is 6.38. The Morgan fingerprint density at radius 2 is 1.95 bits per heavy atom. The standard InChI is InChI=1S/C20H30O/c1-10-6-13-7-11(2)9-15-16(14(13)8-10)12(3)18-20(21-18)17(15)19(20,4)5/h9-10,12-18H,6-8H2,1-5H3/t10?,12-,13?,14+,15+,16?,17-,18?,20?/m0/s1. The fourth-order valence-electron chi connectivity index (χ4n) is 7.63. The molecule has 9 atom stereocenters. The molecule has 1 heterocycles. The van der Waals surface area contributed by atoms with E-state index in [4.69, 9.17) is 4.74 Å². The maximum Gasteiger partial charge on any atom is 0.104 e. The summed E-state index contributed by atoms with van der Waals surface area (Å²) < 4.78 is 6.38. The Balaban J connectivity index is 1.59. The molecule has 0 aromatic heterocycles. The third-order valence-electron chi connectivity index (χ3n) is 8.31. The first-order valence-electron chi connectivity index (χ1n) is 9.23. The summed E-state index contributed by atoms with van der Waals surface area (Å²) in [4.78, 5) is 0. The van der Waals surface area contributed by atoms with Crippen molar-refractivity contribution >= 4 is 0 Å². The van der Waals surface area contributed by atoms with E-state index in [1.165, 1.54) is 19.3 Å². The van der Waals surface area contributed by atoms with Crippen molar-refractivity contribution in [2.24, 2.45) is 46.8 Å². The van der Waals surface area contributed by atoms with E-state index in [2.05, 4.69) is 40.7 Å². The number of hydrogen-bond acceptors (Lipinski definition) is 1. The molecular formula is C20H30O. The SMILES string of the molecule is CC1=C[C@@H]2C([C@H](C)C3OC34[C@@H]2C4(C)C)[C@@H]2CC(C)CC2C1. The number of fused-ring (bicyclic) bond motifs is 4. The molecule has 0 aromatic carbocycles. The summed E-state index contributed by atoms with van der Waals surface area (Å²) in [7, 11) is 0. The van der Waals surface area contributed by atoms with Crippen LogP contribution in [-0.2, 0) is 4.74 Å². The van der Waals surface area contributed by atoms with Crippen molar-refractivity contribution in [1.29, 1.82) is 0 Å². The van der Waals surface area contributed by atoms with Crippen molar-refractivity contribution in [3.63, 3.8) is 0 Å². The van der Waals surface area contributed by atoms with Gasteiger partial charge >= 0.3 is 0 Å². The highest BCUT2D eigenvalue weighted by Gasteiger charge is 2.90. The second-order valence-electron chi connectivity index (χ2n) is 9.76. The molecule has 1 spiro atoms. The zero-order valence-electron chi connectivity index (χ0n) is 14.2. The molecule has 0 amide bonds. The van der Waals surface area contributed by atoms with E-state index >= 15 is 0 Å². The monoisotopic (exact) mass is 286 g/mol. The van der Waals surface area contributed by atoms with Gasteiger partial charge in [0.1, 0.15) is 5.60 Å². The first kappa shape index (κ1) is 13.2. The van der Waals surface area contributed by atoms with Gasteiger partial charge in [0.15, 0.2) is 0 Å². The third-order valence-corrected chi connectivity index (χ3v) is 8.31. The van der Waals surface area contributed by atoms with E-state index in [0.717, 1.165) is 41.4 Å². The normalized spacial score (nSPS) is 62.6. The second-order valence-corrected chi connectivity index (χ2v) is 9.76. The first-order valence-corrected chi connectivity index (χ1v) is 9.23. The minimum Gasteiger partial charge on any atom is -0.365 e. The van der Waals surface area contributed by atoms with Gasteiger partial charge in [0.25, 0.3) is 0 Å². The van der Waals surface area contributed by atoms with Gasteiger partial charge in [0.2, 0.25) is 0 Å². The number of hydrogen-bond donors (Lipinski definition) is 0. The van der Waals surface area contributed by atoms with Gasteiger partial charge in [-0.15, -0.1) is 0 Å². The van der Waals surface area contributed by atoms with Gasteiger partial charge in [-0.05, 0) is 61.7 Å². The number of rotatable bonds is 0. The molecule has 4 aliphatic carbocycles. The highest BCUT2D eigenvalue weighted by Crippen LogP contribution is 2.83. The molecule has 21 heavy (non-hydrogen) atoms. The molecule has 1 saturated heterocycles. The molecule has 116 valence electrons. The Morgan fingerprint density at radius 1 is 1.19 bits per heavy atom. The number of ether oxygens (including phenoxy) is 1. The van der Waals surface area contributed by atoms with Crippen LogP contribution in [0.25, 0.3) is 0 Å². The predicted molar refractivity (Wildman–Crippen MR) is 84.8 cm³/mol. The summed E-state index contributed by atoms with van der Waals surface area (Å²) >= 11 is 0. The van der Waals surface area contributed by atoms with Gasteiger partial charge < -0.3 is 4.74 Å². The molecule has 5 aliphatic rings. The highest BCUT2D eigenvalue weighted by atomic mass is 16.6. The molecule has 0 N–H and O–H groups in total. The molecule has 5 unspecified atom stereocenters. The van der Waals surface area contributed by atoms with Crippen molar-refractivity contribution in [2.75, 3.05) is 0 Å². The van der Waals surface area contributed by atoms with Crippen LogP contribution in [0.15, 0.2) is 11.6 Å². The lowest BCUT2D eigenvalue weighted by molar-refractivity contribution is 0.109. The Bertz CT molecular complexity index is 532. The Morgan fingerprint density at radius 3 is 2.71 bits per heavy atom. The minimum absolute atomic E-state index is 0.286. The molecule has 5 rings (SSSR count). The lowest BCUT2D eigenvalue weighted by Crippen LogP contribution is -2.37. The predicted octanol–water partition coefficient (Wildman–Crippen LogP) is 4.67. The zero-order valence-corrected chi connectivity index (χ0v) is 14.2. The topological polar surface area (TPSA) is 12.5 Å². The molecule has 0 radical (unpaired) electrons. The van der Waals surface area contributed by atoms with Gasteiger partial charge in [-0.3, -0.25) is 0 Å². The lowest BCUT2D eigenvalue weighted by atomic mass is 9.65. The number of allylic oxidation sites excluding steroid dienone is 2. The summed E-state index contributed by atoms with van der Waals surface area (Å²) in [6.45, 7) is 12.3. The maximum absolute atomic E-state index is 6.38. The largest absolute Gasteiger partial charge is 0.365 e. The summed E-state index contributed by atoms with van der Waals surface area (Å²) in [6, 6.07) is 0. The summed E-state index contributed by atoms with van der Waals surface area (Å²) in [5.41, 5.74) is 2.39. The van der Waals surface area contributed by atoms with E-state index in [9.17, 15) is 0 Å². The average Bonchev–Trinajstić information content (AvgIpc) is 3.18. The molecule has 1 heteroatoms. The van der Waals surface area contributed by atoms with E-state index in [1.807, 2.05) is 0 Å². The van der Waals surface area contributed by atoms with E-state index in [0.29, 0.717) is 11.5 Å². The molecule has 4 fully saturated rings. The summed E-state index contributed by atoms with van der Waals surface area (Å²) in [5, 5.41) is 0. The van der Waals surface area contributed by atoms with Crippen LogP contribution >= 0.6 is 0 Å². The third kappa shape index (κ3) is 1.35. The quantitative estimate of drug-likeness (QED) is 0.465. The van der Waals surface area contributed by atoms with Crippen LogP contribution in [0.4, 0.5) is 0 Å². The van der Waals surface area contributed by atoms with Gasteiger partial charge in [0.05, 0.1) is 6.10 Å². The van der Waals surface area contributed by atoms with Crippen molar-refractivity contribution in [2.45, 2.75) is 65.6 Å². The van der Waals surface area contributed by atoms with Crippen LogP contribution < -0.4 is 0 Å². The van der Waals surface area contributed by atoms with Gasteiger partial charge in [0, 0.05) is 11.3 Å². The molecule has 0 bridgehead atoms. The smallest absolute Gasteiger partial charge is 0.104 e. The van der Waals surface area contributed by atoms with Crippen LogP contribution in [-0.4, -0.2) is 11.7 Å². The fraction of sp³-hybridized carbons (Fsp3) is 0.900. The average molecular weight is 286 g/mol. The van der Waals surface area contributed by atoms with Crippen LogP contribution in [0.1, 0.15) is 53.9 Å². The first-order chi connectivity index (χ1) is 9.88. The van der Waals surface area contributed by atoms with Crippen LogP contribution in [0.2, 0.25) is 0 Å². The van der Waals surface area contributed by atoms with Crippen molar-refractivity contribution in [3.8, 4) is 0 Å². The summed E-state index contributed by atoms with van der Waals surface area (Å²) in [5.74, 6) is 6.14. The van der Waals surface area contributed by atoms with Crippen LogP contribution in [0.3, 0.4) is 0 Å². The molecule has 0 aromatic rings. The van der Waals surface area contributed by atoms with Crippen molar-refractivity contribution in [3.05, 3.63) is 11.6 Å². The van der Waals surface area contributed by atoms with Crippen LogP contribution in [0.5, 0.6) is 0 Å². The number of epoxide rings is 1. The Hall–Kier alpha value is -0.300. The van der Waals surface area contributed by atoms with Crippen molar-refractivity contribution < 1.29 is 4.74 Å². The summed E-state index contributed by atoms with van der Waals surface area (Å²) in [6.07, 6.45) is 7.60. The Labute approximate surface area is 129 Å². The highest BCUT2D eigenvalue weighted by molar-refractivity contribution is 5.39. The Kier molecular flexibility index (Phi) is 2.26. The molecule has 3 saturated carbocycles. The van der Waals surface area contributed by atoms with E-state index in [-0.39, 0.29) is 5.60 Å². The van der Waals surface area contributed by atoms with Crippen molar-refractivity contribution in [1.82, 2.24) is 0 Å². The van der Waals surface area contributed by atoms with Gasteiger partial charge in [-0.2, -0.15) is 0 Å². The lowest BCUT2D eigenvalue weighted by Gasteiger charge is -2.38. The van der Waals surface area contributed by atoms with E-state index in [1.54, 1.807) is 5.57 Å². The molecule has 1 aliphatic heterocycles. The molecule has 1 nitrogen and oxygen atoms in total. The zero-order chi connectivity index (χ0) is 14.7. The fourth-order valence-corrected chi connectivity index (χ4v) is 7.63. The van der Waals surface area contributed by atoms with Gasteiger partial charge in [-0.1, -0.05) is 39.3 Å². The van der Waals surface area contributed by atoms with Gasteiger partial charge in [-0.25, -0.2) is 0 Å². The van der Waals surface area contributed by atoms with E-state index < -0.39 is 0 Å². The molecular weight excluding hydrogens is 256 g/mol. The second kappa shape index (κ2) is 3.61. The minimum atomic E-state index is 0.286.